The number of benzene rings is 2. The van der Waals surface area contributed by atoms with Crippen LogP contribution in [0, 0.1) is 38.0 Å². The number of phenols is 1. The summed E-state index contributed by atoms with van der Waals surface area (Å²) in [6.07, 6.45) is 15.9. The molecule has 2 fully saturated rings. The molecule has 2 saturated carbocycles. The largest absolute Gasteiger partial charge is 2.00 e. The zero-order chi connectivity index (χ0) is 35.6. The average molecular weight is 824 g/mol. The van der Waals surface area contributed by atoms with Gasteiger partial charge in [-0.3, -0.25) is 9.59 Å². The van der Waals surface area contributed by atoms with Crippen molar-refractivity contribution >= 4 is 37.2 Å². The van der Waals surface area contributed by atoms with Gasteiger partial charge in [0.1, 0.15) is 17.8 Å². The van der Waals surface area contributed by atoms with Gasteiger partial charge in [0.05, 0.1) is 7.11 Å². The van der Waals surface area contributed by atoms with Crippen LogP contribution in [0.1, 0.15) is 55.2 Å². The van der Waals surface area contributed by atoms with Crippen molar-refractivity contribution in [2.24, 2.45) is 5.92 Å². The molecule has 1 aliphatic heterocycles. The molecule has 2 atom stereocenters. The van der Waals surface area contributed by atoms with Crippen LogP contribution in [0.25, 0.3) is 0 Å². The van der Waals surface area contributed by atoms with E-state index in [1.165, 1.54) is 12.0 Å². The monoisotopic (exact) mass is 824 g/mol. The number of hydrogen-bond acceptors (Lipinski definition) is 5. The Morgan fingerprint density at radius 1 is 0.918 bits per heavy atom. The maximum absolute atomic E-state index is 14.0. The number of fused-ring (bicyclic) bond motifs is 1. The molecule has 2 aromatic carbocycles. The number of esters is 1. The fourth-order valence-corrected chi connectivity index (χ4v) is 5.78. The number of aryl methyl sites for hydroxylation is 1. The van der Waals surface area contributed by atoms with Gasteiger partial charge in [0.2, 0.25) is 11.8 Å². The second-order valence-electron chi connectivity index (χ2n) is 11.7. The van der Waals surface area contributed by atoms with Gasteiger partial charge < -0.3 is 20.1 Å². The molecular formula is C33H38ClF6N2O5PRu+. The molecule has 16 heteroatoms. The SMILES string of the molecule is COC(=O)[C@@H]1Cc2ccc(O)cc2CN1C(=O)[C@@H](NC(=O)CCc1ccc(Cl)cc1)C1CCCCC1.F[P-](F)(F)(F)(F)F.[CH]1[CH][CH][CH][CH]1.[Ru+2]. The first-order chi connectivity index (χ1) is 22.3. The van der Waals surface area contributed by atoms with E-state index in [2.05, 4.69) is 5.32 Å². The number of ether oxygens (including phenoxy) is 1. The number of aromatic hydroxyl groups is 1. The summed E-state index contributed by atoms with van der Waals surface area (Å²) in [5.74, 6) is -0.838. The van der Waals surface area contributed by atoms with Gasteiger partial charge in [-0.15, -0.1) is 0 Å². The minimum atomic E-state index is -10.7. The fourth-order valence-electron chi connectivity index (χ4n) is 5.65. The molecular weight excluding hydrogens is 786 g/mol. The van der Waals surface area contributed by atoms with Gasteiger partial charge in [0, 0.05) is 24.4 Å². The van der Waals surface area contributed by atoms with Crippen LogP contribution in [0.4, 0.5) is 25.2 Å². The van der Waals surface area contributed by atoms with E-state index in [1.807, 2.05) is 44.2 Å². The topological polar surface area (TPSA) is 95.9 Å². The van der Waals surface area contributed by atoms with Gasteiger partial charge in [-0.1, -0.05) is 49.1 Å². The van der Waals surface area contributed by atoms with Crippen molar-refractivity contribution in [1.82, 2.24) is 10.2 Å². The van der Waals surface area contributed by atoms with Crippen LogP contribution in [0.5, 0.6) is 5.75 Å². The molecule has 0 bridgehead atoms. The van der Waals surface area contributed by atoms with Crippen molar-refractivity contribution in [2.75, 3.05) is 7.11 Å². The van der Waals surface area contributed by atoms with E-state index in [-0.39, 0.29) is 55.9 Å². The van der Waals surface area contributed by atoms with E-state index in [4.69, 9.17) is 16.3 Å². The van der Waals surface area contributed by atoms with Crippen molar-refractivity contribution in [3.63, 3.8) is 0 Å². The summed E-state index contributed by atoms with van der Waals surface area (Å²) in [5.41, 5.74) is 2.68. The van der Waals surface area contributed by atoms with Crippen molar-refractivity contribution in [2.45, 2.75) is 70.0 Å². The first kappa shape index (κ1) is 42.7. The predicted octanol–water partition coefficient (Wildman–Crippen LogP) is 8.57. The number of carbonyl (C=O) groups is 3. The Morgan fingerprint density at radius 2 is 1.47 bits per heavy atom. The molecule has 7 nitrogen and oxygen atoms in total. The molecule has 0 aromatic heterocycles. The Hall–Kier alpha value is -2.43. The molecule has 1 heterocycles. The van der Waals surface area contributed by atoms with Crippen LogP contribution >= 0.6 is 19.4 Å². The molecule has 3 aliphatic rings. The zero-order valence-electron chi connectivity index (χ0n) is 26.5. The van der Waals surface area contributed by atoms with Crippen molar-refractivity contribution in [3.05, 3.63) is 96.3 Å². The maximum atomic E-state index is 14.0. The van der Waals surface area contributed by atoms with Gasteiger partial charge >= 0.3 is 58.4 Å². The van der Waals surface area contributed by atoms with Crippen LogP contribution in [0.2, 0.25) is 5.02 Å². The summed E-state index contributed by atoms with van der Waals surface area (Å²) < 4.78 is 64.2. The van der Waals surface area contributed by atoms with E-state index < -0.39 is 25.9 Å². The normalized spacial score (nSPS) is 19.5. The molecule has 0 unspecified atom stereocenters. The molecule has 2 amide bonds. The van der Waals surface area contributed by atoms with Crippen LogP contribution in [0.3, 0.4) is 0 Å². The third-order valence-electron chi connectivity index (χ3n) is 7.89. The summed E-state index contributed by atoms with van der Waals surface area (Å²) in [6.45, 7) is 0.173. The van der Waals surface area contributed by atoms with E-state index in [1.54, 1.807) is 30.3 Å². The van der Waals surface area contributed by atoms with Crippen LogP contribution in [0.15, 0.2) is 42.5 Å². The predicted molar refractivity (Wildman–Crippen MR) is 172 cm³/mol. The van der Waals surface area contributed by atoms with Gasteiger partial charge in [-0.05, 0) is 98.2 Å². The quantitative estimate of drug-likeness (QED) is 0.126. The molecule has 2 N–H and O–H groups in total. The molecule has 271 valence electrons. The third kappa shape index (κ3) is 16.4. The Morgan fingerprint density at radius 3 is 2.00 bits per heavy atom. The Balaban J connectivity index is 0.000000543. The molecule has 5 rings (SSSR count). The molecule has 0 spiro atoms. The summed E-state index contributed by atoms with van der Waals surface area (Å²) in [4.78, 5) is 41.2. The van der Waals surface area contributed by atoms with Crippen molar-refractivity contribution < 1.29 is 68.9 Å². The number of halogens is 7. The number of amides is 2. The zero-order valence-corrected chi connectivity index (χ0v) is 29.9. The van der Waals surface area contributed by atoms with E-state index >= 15 is 0 Å². The Bertz CT molecular complexity index is 1390. The van der Waals surface area contributed by atoms with Gasteiger partial charge in [0.15, 0.2) is 0 Å². The molecule has 5 radical (unpaired) electrons. The second kappa shape index (κ2) is 17.7. The van der Waals surface area contributed by atoms with Crippen LogP contribution in [-0.2, 0) is 58.0 Å². The molecule has 2 aliphatic carbocycles. The molecule has 2 aromatic rings. The maximum Gasteiger partial charge on any atom is 2.00 e. The summed E-state index contributed by atoms with van der Waals surface area (Å²) in [5, 5.41) is 13.6. The average Bonchev–Trinajstić information content (AvgIpc) is 3.62. The van der Waals surface area contributed by atoms with Crippen molar-refractivity contribution in [1.29, 1.82) is 0 Å². The number of methoxy groups -OCH3 is 1. The van der Waals surface area contributed by atoms with E-state index in [0.717, 1.165) is 48.8 Å². The number of nitrogens with zero attached hydrogens (tertiary/aromatic N) is 1. The first-order valence-electron chi connectivity index (χ1n) is 15.3. The van der Waals surface area contributed by atoms with Crippen LogP contribution in [-0.4, -0.2) is 47.0 Å². The number of nitrogens with one attached hydrogen (secondary N) is 1. The summed E-state index contributed by atoms with van der Waals surface area (Å²) in [6, 6.07) is 10.9. The number of phenolic OH excluding ortho intramolecular Hbond substituents is 1. The standard InChI is InChI=1S/C28H33ClN2O5.C5H5.F6P.Ru/c1-36-28(35)24-16-20-10-13-23(32)15-21(20)17-31(24)27(34)26(19-5-3-2-4-6-19)30-25(33)14-9-18-7-11-22(29)12-8-18;1-2-4-5-3-1;1-7(2,3,4,5)6;/h7-8,10-13,15,19,24,26,32H,2-6,9,14,16-17H2,1H3,(H,30,33);1-5H;;/q;;-1;+2/t24-,26-;;;/m0.../s1. The van der Waals surface area contributed by atoms with E-state index in [9.17, 15) is 44.7 Å². The number of rotatable bonds is 7. The third-order valence-corrected chi connectivity index (χ3v) is 8.14. The van der Waals surface area contributed by atoms with Gasteiger partial charge in [-0.2, -0.15) is 0 Å². The number of hydrogen-bond donors (Lipinski definition) is 2. The summed E-state index contributed by atoms with van der Waals surface area (Å²) in [7, 11) is -9.34. The van der Waals surface area contributed by atoms with Crippen molar-refractivity contribution in [3.8, 4) is 5.75 Å². The Labute approximate surface area is 300 Å². The minimum Gasteiger partial charge on any atom is -0.0312 e. The van der Waals surface area contributed by atoms with Gasteiger partial charge in [-0.25, -0.2) is 4.79 Å². The summed E-state index contributed by atoms with van der Waals surface area (Å²) >= 11 is 5.95. The molecule has 49 heavy (non-hydrogen) atoms. The smallest absolute Gasteiger partial charge is 0.0312 e. The van der Waals surface area contributed by atoms with E-state index in [0.29, 0.717) is 17.9 Å². The molecule has 0 saturated heterocycles. The number of carbonyl (C=O) groups excluding carboxylic acids is 3. The fraction of sp³-hybridized carbons (Fsp3) is 0.394. The van der Waals surface area contributed by atoms with Crippen LogP contribution < -0.4 is 5.32 Å². The second-order valence-corrected chi connectivity index (χ2v) is 14.0. The van der Waals surface area contributed by atoms with Gasteiger partial charge in [0.25, 0.3) is 0 Å². The minimum absolute atomic E-state index is 0. The Kier molecular flexibility index (Phi) is 15.4. The first-order valence-corrected chi connectivity index (χ1v) is 17.7.